The summed E-state index contributed by atoms with van der Waals surface area (Å²) in [6.07, 6.45) is 10.0. The average molecular weight is 498 g/mol. The quantitative estimate of drug-likeness (QED) is 0.486. The fraction of sp³-hybridized carbons (Fsp3) is 0.607. The molecule has 2 saturated carbocycles. The highest BCUT2D eigenvalue weighted by Crippen LogP contribution is 2.50. The molecule has 2 amide bonds. The fourth-order valence-electron chi connectivity index (χ4n) is 6.39. The molecule has 1 aromatic heterocycles. The zero-order valence-electron chi connectivity index (χ0n) is 21.6. The van der Waals surface area contributed by atoms with Gasteiger partial charge in [-0.05, 0) is 63.6 Å². The van der Waals surface area contributed by atoms with E-state index in [0.717, 1.165) is 58.5 Å². The van der Waals surface area contributed by atoms with E-state index in [-0.39, 0.29) is 17.1 Å². The van der Waals surface area contributed by atoms with Gasteiger partial charge in [0, 0.05) is 19.0 Å². The number of benzene rings is 1. The standard InChI is InChI=1S/C28H37F2N5O/c1-4-33(3)28(22-11-6-5-7-12-22)15-13-27(14-16-28)20-34(25(36)35(27)19-21-9-8-10-21)23-17-31-24(32-18-23)26(2,29)30/h5-7,11-12,17-18,21H,4,8-10,13-16,19-20H2,1-3H3. The molecular weight excluding hydrogens is 460 g/mol. The van der Waals surface area contributed by atoms with Crippen LogP contribution in [0.3, 0.4) is 0 Å². The minimum Gasteiger partial charge on any atom is -0.317 e. The summed E-state index contributed by atoms with van der Waals surface area (Å²) in [4.78, 5) is 27.9. The molecule has 3 fully saturated rings. The van der Waals surface area contributed by atoms with Crippen LogP contribution in [0.2, 0.25) is 0 Å². The van der Waals surface area contributed by atoms with Crippen molar-refractivity contribution in [3.05, 3.63) is 54.1 Å². The summed E-state index contributed by atoms with van der Waals surface area (Å²) in [5.41, 5.74) is 1.50. The van der Waals surface area contributed by atoms with Crippen molar-refractivity contribution < 1.29 is 13.6 Å². The maximum atomic E-state index is 13.8. The van der Waals surface area contributed by atoms with Gasteiger partial charge in [0.1, 0.15) is 0 Å². The zero-order chi connectivity index (χ0) is 25.6. The summed E-state index contributed by atoms with van der Waals surface area (Å²) < 4.78 is 27.3. The smallest absolute Gasteiger partial charge is 0.317 e. The van der Waals surface area contributed by atoms with Crippen LogP contribution in [0.4, 0.5) is 19.3 Å². The fourth-order valence-corrected chi connectivity index (χ4v) is 6.39. The number of carbonyl (C=O) groups is 1. The SMILES string of the molecule is CCN(C)C1(c2ccccc2)CCC2(CC1)CN(c1cnc(C(C)(F)F)nc1)C(=O)N2CC1CCC1. The number of alkyl halides is 2. The molecule has 1 aliphatic heterocycles. The van der Waals surface area contributed by atoms with E-state index in [1.54, 1.807) is 4.90 Å². The number of hydrogen-bond donors (Lipinski definition) is 0. The Bertz CT molecular complexity index is 1060. The summed E-state index contributed by atoms with van der Waals surface area (Å²) in [6, 6.07) is 10.7. The van der Waals surface area contributed by atoms with Gasteiger partial charge in [0.05, 0.1) is 30.2 Å². The molecule has 1 spiro atoms. The number of carbonyl (C=O) groups excluding carboxylic acids is 1. The van der Waals surface area contributed by atoms with Gasteiger partial charge in [-0.15, -0.1) is 0 Å². The van der Waals surface area contributed by atoms with E-state index in [1.165, 1.54) is 24.4 Å². The molecule has 8 heteroatoms. The topological polar surface area (TPSA) is 52.6 Å². The molecule has 36 heavy (non-hydrogen) atoms. The first-order valence-corrected chi connectivity index (χ1v) is 13.2. The van der Waals surface area contributed by atoms with Crippen LogP contribution in [-0.2, 0) is 11.5 Å². The first-order chi connectivity index (χ1) is 17.2. The molecule has 0 bridgehead atoms. The lowest BCUT2D eigenvalue weighted by Crippen LogP contribution is -2.57. The highest BCUT2D eigenvalue weighted by atomic mass is 19.3. The van der Waals surface area contributed by atoms with Crippen LogP contribution < -0.4 is 4.90 Å². The maximum absolute atomic E-state index is 13.8. The van der Waals surface area contributed by atoms with Gasteiger partial charge in [-0.3, -0.25) is 9.80 Å². The number of rotatable bonds is 7. The van der Waals surface area contributed by atoms with Gasteiger partial charge in [-0.25, -0.2) is 14.8 Å². The first kappa shape index (κ1) is 25.1. The third-order valence-corrected chi connectivity index (χ3v) is 9.02. The zero-order valence-corrected chi connectivity index (χ0v) is 21.6. The van der Waals surface area contributed by atoms with Gasteiger partial charge in [0.2, 0.25) is 0 Å². The molecule has 3 aliphatic rings. The minimum atomic E-state index is -3.11. The van der Waals surface area contributed by atoms with E-state index in [9.17, 15) is 13.6 Å². The van der Waals surface area contributed by atoms with E-state index in [1.807, 2.05) is 0 Å². The molecular formula is C28H37F2N5O. The van der Waals surface area contributed by atoms with Gasteiger partial charge in [-0.1, -0.05) is 43.7 Å². The summed E-state index contributed by atoms with van der Waals surface area (Å²) in [5, 5.41) is 0. The van der Waals surface area contributed by atoms with Crippen molar-refractivity contribution in [2.24, 2.45) is 5.92 Å². The summed E-state index contributed by atoms with van der Waals surface area (Å²) in [7, 11) is 2.20. The monoisotopic (exact) mass is 497 g/mol. The third-order valence-electron chi connectivity index (χ3n) is 9.02. The van der Waals surface area contributed by atoms with Gasteiger partial charge < -0.3 is 4.90 Å². The lowest BCUT2D eigenvalue weighted by atomic mass is 9.68. The minimum absolute atomic E-state index is 0.0439. The Kier molecular flexibility index (Phi) is 6.52. The molecule has 1 saturated heterocycles. The van der Waals surface area contributed by atoms with Crippen LogP contribution >= 0.6 is 0 Å². The molecule has 2 aromatic rings. The highest BCUT2D eigenvalue weighted by Gasteiger charge is 2.55. The van der Waals surface area contributed by atoms with Crippen LogP contribution in [0.25, 0.3) is 0 Å². The number of halogens is 2. The normalized spacial score (nSPS) is 27.2. The van der Waals surface area contributed by atoms with Crippen molar-refractivity contribution in [3.63, 3.8) is 0 Å². The molecule has 0 unspecified atom stereocenters. The molecule has 0 N–H and O–H groups in total. The van der Waals surface area contributed by atoms with E-state index in [0.29, 0.717) is 18.2 Å². The van der Waals surface area contributed by atoms with Crippen molar-refractivity contribution in [1.82, 2.24) is 19.8 Å². The third kappa shape index (κ3) is 4.27. The molecule has 0 radical (unpaired) electrons. The van der Waals surface area contributed by atoms with Crippen molar-refractivity contribution >= 4 is 11.7 Å². The number of urea groups is 1. The Hall–Kier alpha value is -2.61. The van der Waals surface area contributed by atoms with Crippen molar-refractivity contribution in [2.45, 2.75) is 75.8 Å². The van der Waals surface area contributed by atoms with Crippen molar-refractivity contribution in [1.29, 1.82) is 0 Å². The predicted molar refractivity (Wildman–Crippen MR) is 136 cm³/mol. The maximum Gasteiger partial charge on any atom is 0.325 e. The lowest BCUT2D eigenvalue weighted by molar-refractivity contribution is 0.00756. The Labute approximate surface area is 212 Å². The molecule has 2 heterocycles. The van der Waals surface area contributed by atoms with Crippen LogP contribution in [0.15, 0.2) is 42.7 Å². The van der Waals surface area contributed by atoms with Crippen LogP contribution in [-0.4, -0.2) is 58.0 Å². The van der Waals surface area contributed by atoms with Crippen molar-refractivity contribution in [3.8, 4) is 0 Å². The summed E-state index contributed by atoms with van der Waals surface area (Å²) in [5.74, 6) is -3.09. The van der Waals surface area contributed by atoms with Gasteiger partial charge in [0.15, 0.2) is 5.82 Å². The van der Waals surface area contributed by atoms with E-state index < -0.39 is 11.7 Å². The van der Waals surface area contributed by atoms with E-state index in [4.69, 9.17) is 0 Å². The Morgan fingerprint density at radius 2 is 1.72 bits per heavy atom. The number of anilines is 1. The second-order valence-electron chi connectivity index (χ2n) is 11.1. The molecule has 194 valence electrons. The Morgan fingerprint density at radius 1 is 1.08 bits per heavy atom. The second kappa shape index (κ2) is 9.36. The Morgan fingerprint density at radius 3 is 2.25 bits per heavy atom. The largest absolute Gasteiger partial charge is 0.325 e. The number of amides is 2. The average Bonchev–Trinajstić information content (AvgIpc) is 3.12. The first-order valence-electron chi connectivity index (χ1n) is 13.2. The van der Waals surface area contributed by atoms with E-state index >= 15 is 0 Å². The number of nitrogens with zero attached hydrogens (tertiary/aromatic N) is 5. The molecule has 2 aliphatic carbocycles. The summed E-state index contributed by atoms with van der Waals surface area (Å²) >= 11 is 0. The van der Waals surface area contributed by atoms with E-state index in [2.05, 4.69) is 64.1 Å². The summed E-state index contributed by atoms with van der Waals surface area (Å²) in [6.45, 7) is 5.24. The number of hydrogen-bond acceptors (Lipinski definition) is 4. The second-order valence-corrected chi connectivity index (χ2v) is 11.1. The van der Waals surface area contributed by atoms with Crippen LogP contribution in [0.1, 0.15) is 70.2 Å². The molecule has 5 rings (SSSR count). The van der Waals surface area contributed by atoms with Crippen LogP contribution in [0, 0.1) is 5.92 Å². The Balaban J connectivity index is 1.44. The van der Waals surface area contributed by atoms with Gasteiger partial charge in [-0.2, -0.15) is 8.78 Å². The molecule has 0 atom stereocenters. The molecule has 6 nitrogen and oxygen atoms in total. The lowest BCUT2D eigenvalue weighted by Gasteiger charge is -2.52. The van der Waals surface area contributed by atoms with Gasteiger partial charge >= 0.3 is 12.0 Å². The van der Waals surface area contributed by atoms with Crippen molar-refractivity contribution in [2.75, 3.05) is 31.6 Å². The van der Waals surface area contributed by atoms with Crippen LogP contribution in [0.5, 0.6) is 0 Å². The molecule has 1 aromatic carbocycles. The number of aromatic nitrogens is 2. The van der Waals surface area contributed by atoms with Gasteiger partial charge in [0.25, 0.3) is 0 Å². The highest BCUT2D eigenvalue weighted by molar-refractivity contribution is 5.95. The predicted octanol–water partition coefficient (Wildman–Crippen LogP) is 5.79.